The molecule has 0 spiro atoms. The Hall–Kier alpha value is -0.610. The molecule has 1 aliphatic carbocycles. The third-order valence-corrected chi connectivity index (χ3v) is 3.68. The summed E-state index contributed by atoms with van der Waals surface area (Å²) in [4.78, 5) is 13.6. The van der Waals surface area contributed by atoms with Gasteiger partial charge in [-0.3, -0.25) is 9.69 Å². The summed E-state index contributed by atoms with van der Waals surface area (Å²) in [5.41, 5.74) is -0.729. The molecule has 94 valence electrons. The van der Waals surface area contributed by atoms with Crippen LogP contribution >= 0.6 is 0 Å². The van der Waals surface area contributed by atoms with Crippen molar-refractivity contribution < 1.29 is 14.6 Å². The van der Waals surface area contributed by atoms with Gasteiger partial charge in [0.1, 0.15) is 5.54 Å². The summed E-state index contributed by atoms with van der Waals surface area (Å²) >= 11 is 0. The van der Waals surface area contributed by atoms with Crippen LogP contribution in [0.1, 0.15) is 33.6 Å². The van der Waals surface area contributed by atoms with Crippen LogP contribution < -0.4 is 0 Å². The number of hydrogen-bond donors (Lipinski definition) is 1. The highest BCUT2D eigenvalue weighted by molar-refractivity contribution is 5.79. The quantitative estimate of drug-likeness (QED) is 0.720. The van der Waals surface area contributed by atoms with E-state index in [2.05, 4.69) is 4.90 Å². The van der Waals surface area contributed by atoms with Gasteiger partial charge in [0.25, 0.3) is 0 Å². The van der Waals surface area contributed by atoms with Gasteiger partial charge in [0.05, 0.1) is 6.61 Å². The first-order valence-electron chi connectivity index (χ1n) is 5.97. The molecule has 0 radical (unpaired) electrons. The van der Waals surface area contributed by atoms with Crippen LogP contribution in [-0.2, 0) is 9.53 Å². The van der Waals surface area contributed by atoms with Gasteiger partial charge < -0.3 is 9.84 Å². The lowest BCUT2D eigenvalue weighted by molar-refractivity contribution is -0.154. The van der Waals surface area contributed by atoms with Gasteiger partial charge >= 0.3 is 5.97 Å². The van der Waals surface area contributed by atoms with E-state index in [0.717, 1.165) is 19.4 Å². The molecule has 1 rings (SSSR count). The van der Waals surface area contributed by atoms with Crippen molar-refractivity contribution in [2.45, 2.75) is 45.2 Å². The van der Waals surface area contributed by atoms with Crippen LogP contribution in [0.25, 0.3) is 0 Å². The Morgan fingerprint density at radius 2 is 2.19 bits per heavy atom. The molecule has 0 bridgehead atoms. The van der Waals surface area contributed by atoms with Crippen molar-refractivity contribution in [3.63, 3.8) is 0 Å². The highest BCUT2D eigenvalue weighted by atomic mass is 16.5. The van der Waals surface area contributed by atoms with Gasteiger partial charge in [0.2, 0.25) is 0 Å². The highest BCUT2D eigenvalue weighted by Gasteiger charge is 2.52. The monoisotopic (exact) mass is 229 g/mol. The molecule has 1 N–H and O–H groups in total. The standard InChI is InChI=1S/C12H23NO3/c1-5-13(9(2)8-16-4)12(3,11(14)15)10-6-7-10/h9-10H,5-8H2,1-4H3,(H,14,15). The van der Waals surface area contributed by atoms with E-state index in [4.69, 9.17) is 4.74 Å². The predicted octanol–water partition coefficient (Wildman–Crippen LogP) is 1.60. The molecule has 0 aromatic rings. The minimum atomic E-state index is -0.729. The Morgan fingerprint density at radius 3 is 2.50 bits per heavy atom. The molecule has 0 saturated heterocycles. The summed E-state index contributed by atoms with van der Waals surface area (Å²) in [5.74, 6) is -0.413. The smallest absolute Gasteiger partial charge is 0.324 e. The molecular formula is C12H23NO3. The number of hydrogen-bond acceptors (Lipinski definition) is 3. The minimum absolute atomic E-state index is 0.136. The zero-order valence-electron chi connectivity index (χ0n) is 10.7. The predicted molar refractivity (Wildman–Crippen MR) is 62.5 cm³/mol. The van der Waals surface area contributed by atoms with Crippen LogP contribution in [-0.4, -0.2) is 47.8 Å². The summed E-state index contributed by atoms with van der Waals surface area (Å²) < 4.78 is 5.13. The average Bonchev–Trinajstić information content (AvgIpc) is 3.01. The highest BCUT2D eigenvalue weighted by Crippen LogP contribution is 2.43. The molecule has 2 atom stereocenters. The Balaban J connectivity index is 2.85. The summed E-state index contributed by atoms with van der Waals surface area (Å²) in [6, 6.07) is 0.136. The summed E-state index contributed by atoms with van der Waals surface area (Å²) in [5, 5.41) is 9.48. The van der Waals surface area contributed by atoms with Crippen molar-refractivity contribution in [2.75, 3.05) is 20.3 Å². The maximum Gasteiger partial charge on any atom is 0.324 e. The Kier molecular flexibility index (Phi) is 4.33. The van der Waals surface area contributed by atoms with Crippen LogP contribution in [0.15, 0.2) is 0 Å². The third kappa shape index (κ3) is 2.38. The third-order valence-electron chi connectivity index (χ3n) is 3.68. The van der Waals surface area contributed by atoms with E-state index < -0.39 is 11.5 Å². The number of carbonyl (C=O) groups is 1. The fourth-order valence-corrected chi connectivity index (χ4v) is 2.61. The lowest BCUT2D eigenvalue weighted by Gasteiger charge is -2.41. The summed E-state index contributed by atoms with van der Waals surface area (Å²) in [6.07, 6.45) is 2.05. The largest absolute Gasteiger partial charge is 0.480 e. The minimum Gasteiger partial charge on any atom is -0.480 e. The molecule has 0 aliphatic heterocycles. The first-order valence-corrected chi connectivity index (χ1v) is 5.97. The first kappa shape index (κ1) is 13.5. The number of nitrogens with zero attached hydrogens (tertiary/aromatic N) is 1. The SMILES string of the molecule is CCN(C(C)COC)C(C)(C(=O)O)C1CC1. The lowest BCUT2D eigenvalue weighted by Crippen LogP contribution is -2.58. The number of rotatable bonds is 7. The molecule has 0 aromatic heterocycles. The van der Waals surface area contributed by atoms with Crippen molar-refractivity contribution >= 4 is 5.97 Å². The Bertz CT molecular complexity index is 253. The molecule has 4 heteroatoms. The van der Waals surface area contributed by atoms with Gasteiger partial charge in [0.15, 0.2) is 0 Å². The van der Waals surface area contributed by atoms with E-state index in [1.807, 2.05) is 20.8 Å². The van der Waals surface area contributed by atoms with Crippen molar-refractivity contribution in [2.24, 2.45) is 5.92 Å². The van der Waals surface area contributed by atoms with Crippen molar-refractivity contribution in [3.8, 4) is 0 Å². The normalized spacial score (nSPS) is 21.8. The molecule has 4 nitrogen and oxygen atoms in total. The Morgan fingerprint density at radius 1 is 1.62 bits per heavy atom. The summed E-state index contributed by atoms with van der Waals surface area (Å²) in [6.45, 7) is 7.20. The van der Waals surface area contributed by atoms with Crippen LogP contribution in [0.3, 0.4) is 0 Å². The van der Waals surface area contributed by atoms with Gasteiger partial charge in [-0.1, -0.05) is 6.92 Å². The molecule has 1 aliphatic rings. The van der Waals surface area contributed by atoms with Gasteiger partial charge in [-0.05, 0) is 39.2 Å². The maximum atomic E-state index is 11.5. The van der Waals surface area contributed by atoms with Crippen molar-refractivity contribution in [1.29, 1.82) is 0 Å². The zero-order chi connectivity index (χ0) is 12.3. The van der Waals surface area contributed by atoms with Crippen LogP contribution in [0.5, 0.6) is 0 Å². The molecular weight excluding hydrogens is 206 g/mol. The van der Waals surface area contributed by atoms with E-state index in [0.29, 0.717) is 12.5 Å². The molecule has 0 heterocycles. The number of aliphatic carboxylic acids is 1. The lowest BCUT2D eigenvalue weighted by atomic mass is 9.92. The molecule has 0 aromatic carbocycles. The van der Waals surface area contributed by atoms with Crippen LogP contribution in [0, 0.1) is 5.92 Å². The molecule has 2 unspecified atom stereocenters. The van der Waals surface area contributed by atoms with Gasteiger partial charge in [-0.2, -0.15) is 0 Å². The fourth-order valence-electron chi connectivity index (χ4n) is 2.61. The van der Waals surface area contributed by atoms with E-state index >= 15 is 0 Å². The van der Waals surface area contributed by atoms with Crippen LogP contribution in [0.4, 0.5) is 0 Å². The zero-order valence-corrected chi connectivity index (χ0v) is 10.7. The van der Waals surface area contributed by atoms with Crippen molar-refractivity contribution in [1.82, 2.24) is 4.90 Å². The molecule has 16 heavy (non-hydrogen) atoms. The van der Waals surface area contributed by atoms with E-state index in [1.165, 1.54) is 0 Å². The van der Waals surface area contributed by atoms with Gasteiger partial charge in [-0.25, -0.2) is 0 Å². The van der Waals surface area contributed by atoms with Gasteiger partial charge in [-0.15, -0.1) is 0 Å². The topological polar surface area (TPSA) is 49.8 Å². The number of carboxylic acids is 1. The second-order valence-corrected chi connectivity index (χ2v) is 4.82. The van der Waals surface area contributed by atoms with E-state index in [1.54, 1.807) is 7.11 Å². The first-order chi connectivity index (χ1) is 7.48. The Labute approximate surface area is 97.6 Å². The summed E-state index contributed by atoms with van der Waals surface area (Å²) in [7, 11) is 1.65. The van der Waals surface area contributed by atoms with E-state index in [9.17, 15) is 9.90 Å². The number of ether oxygens (including phenoxy) is 1. The number of likely N-dealkylation sites (N-methyl/N-ethyl adjacent to an activating group) is 1. The van der Waals surface area contributed by atoms with Gasteiger partial charge in [0, 0.05) is 13.2 Å². The molecule has 1 fully saturated rings. The van der Waals surface area contributed by atoms with Crippen molar-refractivity contribution in [3.05, 3.63) is 0 Å². The second kappa shape index (κ2) is 5.15. The van der Waals surface area contributed by atoms with Crippen LogP contribution in [0.2, 0.25) is 0 Å². The average molecular weight is 229 g/mol. The van der Waals surface area contributed by atoms with E-state index in [-0.39, 0.29) is 6.04 Å². The second-order valence-electron chi connectivity index (χ2n) is 4.82. The number of carboxylic acid groups (broad SMARTS) is 1. The fraction of sp³-hybridized carbons (Fsp3) is 0.917. The molecule has 1 saturated carbocycles. The maximum absolute atomic E-state index is 11.5. The number of methoxy groups -OCH3 is 1. The molecule has 0 amide bonds.